The number of β-lactam (4-membered cyclic amide) rings is 1. The van der Waals surface area contributed by atoms with Crippen LogP contribution in [0.3, 0.4) is 0 Å². The number of hydrogen-bond donors (Lipinski definition) is 2. The number of carboxylic acid groups (broad SMARTS) is 1. The smallest absolute Gasteiger partial charge is 0.416 e. The highest BCUT2D eigenvalue weighted by atomic mass is 19.4. The van der Waals surface area contributed by atoms with Crippen LogP contribution in [-0.2, 0) is 31.8 Å². The van der Waals surface area contributed by atoms with Crippen molar-refractivity contribution in [3.63, 3.8) is 0 Å². The third kappa shape index (κ3) is 6.43. The lowest BCUT2D eigenvalue weighted by atomic mass is 9.87. The van der Waals surface area contributed by atoms with Gasteiger partial charge in [-0.15, -0.1) is 0 Å². The van der Waals surface area contributed by atoms with Crippen LogP contribution in [0.5, 0.6) is 0 Å². The van der Waals surface area contributed by atoms with Crippen LogP contribution in [0.25, 0.3) is 6.08 Å². The van der Waals surface area contributed by atoms with E-state index in [1.807, 2.05) is 24.3 Å². The van der Waals surface area contributed by atoms with Crippen molar-refractivity contribution in [2.75, 3.05) is 6.61 Å². The van der Waals surface area contributed by atoms with Crippen LogP contribution in [-0.4, -0.2) is 63.5 Å². The Morgan fingerprint density at radius 3 is 2.34 bits per heavy atom. The Kier molecular flexibility index (Phi) is 8.70. The Balaban J connectivity index is 1.44. The van der Waals surface area contributed by atoms with Crippen LogP contribution in [0.4, 0.5) is 18.0 Å². The number of rotatable bonds is 10. The number of benzene rings is 3. The maximum absolute atomic E-state index is 13.8. The minimum absolute atomic E-state index is 0.00221. The summed E-state index contributed by atoms with van der Waals surface area (Å²) in [7, 11) is 0. The molecule has 0 aromatic heterocycles. The van der Waals surface area contributed by atoms with E-state index >= 15 is 0 Å². The lowest BCUT2D eigenvalue weighted by Gasteiger charge is -2.52. The summed E-state index contributed by atoms with van der Waals surface area (Å²) in [6.07, 6.45) is -2.75. The number of nitrogens with one attached hydrogen (secondary N) is 1. The molecule has 3 unspecified atom stereocenters. The van der Waals surface area contributed by atoms with Gasteiger partial charge >= 0.3 is 18.2 Å². The Morgan fingerprint density at radius 1 is 1.00 bits per heavy atom. The Bertz CT molecular complexity index is 1560. The molecule has 2 fully saturated rings. The third-order valence-electron chi connectivity index (χ3n) is 7.56. The molecule has 2 aliphatic heterocycles. The summed E-state index contributed by atoms with van der Waals surface area (Å²) in [5.41, 5.74) is 0.735. The number of cyclic esters (lactones) is 1. The zero-order chi connectivity index (χ0) is 31.4. The lowest BCUT2D eigenvalue weighted by molar-refractivity contribution is -0.165. The molecule has 3 aromatic rings. The summed E-state index contributed by atoms with van der Waals surface area (Å²) in [4.78, 5) is 54.4. The van der Waals surface area contributed by atoms with Crippen molar-refractivity contribution in [3.05, 3.63) is 113 Å². The van der Waals surface area contributed by atoms with Gasteiger partial charge in [0, 0.05) is 6.54 Å². The van der Waals surface area contributed by atoms with Gasteiger partial charge in [0.2, 0.25) is 11.8 Å². The quantitative estimate of drug-likeness (QED) is 0.324. The summed E-state index contributed by atoms with van der Waals surface area (Å²) in [6, 6.07) is 18.3. The molecule has 228 valence electrons. The highest BCUT2D eigenvalue weighted by Gasteiger charge is 2.58. The van der Waals surface area contributed by atoms with E-state index < -0.39 is 66.2 Å². The highest BCUT2D eigenvalue weighted by Crippen LogP contribution is 2.39. The molecule has 4 atom stereocenters. The zero-order valence-electron chi connectivity index (χ0n) is 23.2. The number of carboxylic acids is 1. The predicted molar refractivity (Wildman–Crippen MR) is 152 cm³/mol. The molecule has 2 aliphatic rings. The molecule has 0 bridgehead atoms. The molecule has 2 saturated heterocycles. The molecule has 3 amide bonds. The van der Waals surface area contributed by atoms with Gasteiger partial charge in [0.05, 0.1) is 24.1 Å². The molecule has 44 heavy (non-hydrogen) atoms. The molecule has 0 radical (unpaired) electrons. The first-order valence-corrected chi connectivity index (χ1v) is 13.8. The zero-order valence-corrected chi connectivity index (χ0v) is 23.2. The van der Waals surface area contributed by atoms with E-state index in [1.165, 1.54) is 17.0 Å². The van der Waals surface area contributed by atoms with Crippen LogP contribution in [0.1, 0.15) is 34.7 Å². The molecule has 0 spiro atoms. The monoisotopic (exact) mass is 607 g/mol. The fourth-order valence-corrected chi connectivity index (χ4v) is 5.45. The van der Waals surface area contributed by atoms with Crippen molar-refractivity contribution in [2.45, 2.75) is 43.3 Å². The van der Waals surface area contributed by atoms with Gasteiger partial charge in [-0.25, -0.2) is 4.79 Å². The summed E-state index contributed by atoms with van der Waals surface area (Å²) < 4.78 is 44.8. The SMILES string of the molecule is O=C(O)CC(C(=O)NCc1cccc(C(F)(F)F)c1)N1C(=O)C(N2C(=O)OC[C@H]2c2ccccc2)C1C=Cc1ccccc1. The average Bonchev–Trinajstić information content (AvgIpc) is 3.38. The van der Waals surface area contributed by atoms with E-state index in [0.29, 0.717) is 0 Å². The summed E-state index contributed by atoms with van der Waals surface area (Å²) in [5, 5.41) is 12.1. The number of aliphatic carboxylic acids is 1. The molecule has 0 saturated carbocycles. The van der Waals surface area contributed by atoms with Crippen molar-refractivity contribution in [3.8, 4) is 0 Å². The number of carbonyl (C=O) groups excluding carboxylic acids is 3. The van der Waals surface area contributed by atoms with E-state index in [2.05, 4.69) is 5.32 Å². The van der Waals surface area contributed by atoms with E-state index in [4.69, 9.17) is 4.74 Å². The summed E-state index contributed by atoms with van der Waals surface area (Å²) in [6.45, 7) is -0.332. The van der Waals surface area contributed by atoms with Crippen molar-refractivity contribution in [2.24, 2.45) is 0 Å². The molecule has 2 heterocycles. The largest absolute Gasteiger partial charge is 0.481 e. The molecule has 3 aromatic carbocycles. The molecule has 5 rings (SSSR count). The minimum Gasteiger partial charge on any atom is -0.481 e. The van der Waals surface area contributed by atoms with Crippen molar-refractivity contribution in [1.82, 2.24) is 15.1 Å². The first-order chi connectivity index (χ1) is 21.0. The second kappa shape index (κ2) is 12.6. The number of amides is 3. The number of halogens is 3. The molecule has 0 aliphatic carbocycles. The second-order valence-electron chi connectivity index (χ2n) is 10.4. The van der Waals surface area contributed by atoms with Gasteiger partial charge in [0.15, 0.2) is 0 Å². The van der Waals surface area contributed by atoms with Gasteiger partial charge in [0.25, 0.3) is 0 Å². The number of hydrogen-bond acceptors (Lipinski definition) is 5. The Morgan fingerprint density at radius 2 is 1.68 bits per heavy atom. The fraction of sp³-hybridized carbons (Fsp3) is 0.250. The van der Waals surface area contributed by atoms with Crippen molar-refractivity contribution in [1.29, 1.82) is 0 Å². The molecule has 9 nitrogen and oxygen atoms in total. The van der Waals surface area contributed by atoms with Crippen LogP contribution in [0.2, 0.25) is 0 Å². The van der Waals surface area contributed by atoms with Crippen LogP contribution in [0, 0.1) is 0 Å². The van der Waals surface area contributed by atoms with E-state index in [1.54, 1.807) is 48.6 Å². The molecular formula is C32H28F3N3O6. The topological polar surface area (TPSA) is 116 Å². The maximum Gasteiger partial charge on any atom is 0.416 e. The minimum atomic E-state index is -4.59. The van der Waals surface area contributed by atoms with Crippen LogP contribution < -0.4 is 5.32 Å². The number of carbonyl (C=O) groups is 4. The van der Waals surface area contributed by atoms with Gasteiger partial charge in [-0.2, -0.15) is 13.2 Å². The lowest BCUT2D eigenvalue weighted by Crippen LogP contribution is -2.74. The second-order valence-corrected chi connectivity index (χ2v) is 10.4. The number of likely N-dealkylation sites (tertiary alicyclic amines) is 1. The highest BCUT2D eigenvalue weighted by molar-refractivity contribution is 5.99. The average molecular weight is 608 g/mol. The molecular weight excluding hydrogens is 579 g/mol. The first-order valence-electron chi connectivity index (χ1n) is 13.8. The molecule has 2 N–H and O–H groups in total. The normalized spacial score (nSPS) is 20.8. The number of nitrogens with zero attached hydrogens (tertiary/aromatic N) is 2. The van der Waals surface area contributed by atoms with E-state index in [9.17, 15) is 37.5 Å². The van der Waals surface area contributed by atoms with Gasteiger partial charge in [-0.3, -0.25) is 19.3 Å². The maximum atomic E-state index is 13.8. The standard InChI is InChI=1S/C32H28F3N3O6/c33-32(34,35)23-13-7-10-21(16-23)18-36-29(41)25(17-27(39)40)37-24(15-14-20-8-3-1-4-9-20)28(30(37)42)38-26(19-44-31(38)43)22-11-5-2-6-12-22/h1-16,24-26,28H,17-19H2,(H,36,41)(H,39,40)/t24?,25?,26-,28?/m0/s1. The first kappa shape index (κ1) is 30.3. The number of alkyl halides is 3. The Hall–Kier alpha value is -5.13. The summed E-state index contributed by atoms with van der Waals surface area (Å²) >= 11 is 0. The summed E-state index contributed by atoms with van der Waals surface area (Å²) in [5.74, 6) is -2.89. The predicted octanol–water partition coefficient (Wildman–Crippen LogP) is 4.65. The van der Waals surface area contributed by atoms with Gasteiger partial charge in [-0.1, -0.05) is 84.9 Å². The van der Waals surface area contributed by atoms with Crippen LogP contribution >= 0.6 is 0 Å². The van der Waals surface area contributed by atoms with Crippen molar-refractivity contribution < 1.29 is 42.2 Å². The number of ether oxygens (including phenoxy) is 1. The Labute approximate surface area is 250 Å². The van der Waals surface area contributed by atoms with Gasteiger partial charge in [-0.05, 0) is 28.8 Å². The van der Waals surface area contributed by atoms with Gasteiger partial charge < -0.3 is 20.1 Å². The van der Waals surface area contributed by atoms with E-state index in [0.717, 1.165) is 28.2 Å². The fourth-order valence-electron chi connectivity index (χ4n) is 5.45. The van der Waals surface area contributed by atoms with Gasteiger partial charge in [0.1, 0.15) is 18.7 Å². The van der Waals surface area contributed by atoms with Crippen molar-refractivity contribution >= 4 is 30.0 Å². The van der Waals surface area contributed by atoms with Crippen LogP contribution in [0.15, 0.2) is 91.0 Å². The molecule has 12 heteroatoms. The van der Waals surface area contributed by atoms with E-state index in [-0.39, 0.29) is 18.7 Å². The third-order valence-corrected chi connectivity index (χ3v) is 7.56.